The Bertz CT molecular complexity index is 974. The smallest absolute Gasteiger partial charge is 0.184 e. The third-order valence-electron chi connectivity index (χ3n) is 5.01. The molecule has 2 atom stereocenters. The molecule has 3 heterocycles. The number of hydrogen-bond acceptors (Lipinski definition) is 4. The lowest BCUT2D eigenvalue weighted by Gasteiger charge is -2.38. The van der Waals surface area contributed by atoms with Crippen molar-refractivity contribution < 1.29 is 9.21 Å². The highest BCUT2D eigenvalue weighted by Gasteiger charge is 2.39. The molecule has 25 heavy (non-hydrogen) atoms. The Morgan fingerprint density at radius 3 is 2.68 bits per heavy atom. The van der Waals surface area contributed by atoms with Crippen molar-refractivity contribution in [3.8, 4) is 0 Å². The number of carbonyl (C=O) groups excluding carboxylic acids is 1. The lowest BCUT2D eigenvalue weighted by molar-refractivity contribution is 0.1000. The molecule has 1 aromatic heterocycles. The highest BCUT2D eigenvalue weighted by atomic mass is 16.3. The SMILES string of the molecule is O=C1CN=C2c3c(cccc31)NC(c1ccccc1)C2c1ccoc1. The van der Waals surface area contributed by atoms with Gasteiger partial charge in [-0.2, -0.15) is 0 Å². The molecule has 4 heteroatoms. The number of anilines is 1. The van der Waals surface area contributed by atoms with E-state index in [1.54, 1.807) is 12.5 Å². The second-order valence-corrected chi connectivity index (χ2v) is 6.42. The lowest BCUT2D eigenvalue weighted by Crippen LogP contribution is -2.36. The molecular formula is C21H16N2O2. The van der Waals surface area contributed by atoms with Gasteiger partial charge in [0.2, 0.25) is 0 Å². The number of furan rings is 1. The van der Waals surface area contributed by atoms with Crippen LogP contribution in [0, 0.1) is 0 Å². The van der Waals surface area contributed by atoms with E-state index in [4.69, 9.17) is 4.42 Å². The van der Waals surface area contributed by atoms with Gasteiger partial charge in [-0.25, -0.2) is 0 Å². The molecule has 0 bridgehead atoms. The van der Waals surface area contributed by atoms with Gasteiger partial charge in [-0.15, -0.1) is 0 Å². The van der Waals surface area contributed by atoms with E-state index in [1.807, 2.05) is 42.5 Å². The Balaban J connectivity index is 1.75. The minimum Gasteiger partial charge on any atom is -0.472 e. The van der Waals surface area contributed by atoms with E-state index in [0.29, 0.717) is 0 Å². The number of Topliss-reactive ketones (excluding diaryl/α,β-unsaturated/α-hetero) is 1. The number of benzene rings is 2. The monoisotopic (exact) mass is 328 g/mol. The van der Waals surface area contributed by atoms with E-state index in [0.717, 1.165) is 28.1 Å². The third kappa shape index (κ3) is 2.14. The molecule has 0 radical (unpaired) electrons. The van der Waals surface area contributed by atoms with Gasteiger partial charge in [0, 0.05) is 22.4 Å². The summed E-state index contributed by atoms with van der Waals surface area (Å²) in [6, 6.07) is 18.2. The molecule has 2 aliphatic heterocycles. The van der Waals surface area contributed by atoms with Crippen LogP contribution < -0.4 is 5.32 Å². The van der Waals surface area contributed by atoms with Crippen LogP contribution in [0.2, 0.25) is 0 Å². The second kappa shape index (κ2) is 5.45. The molecule has 0 saturated heterocycles. The molecular weight excluding hydrogens is 312 g/mol. The van der Waals surface area contributed by atoms with Crippen LogP contribution in [0.15, 0.2) is 76.5 Å². The quantitative estimate of drug-likeness (QED) is 0.766. The Morgan fingerprint density at radius 2 is 1.88 bits per heavy atom. The van der Waals surface area contributed by atoms with Crippen molar-refractivity contribution in [3.05, 3.63) is 89.4 Å². The van der Waals surface area contributed by atoms with Crippen molar-refractivity contribution in [3.63, 3.8) is 0 Å². The summed E-state index contributed by atoms with van der Waals surface area (Å²) < 4.78 is 5.35. The van der Waals surface area contributed by atoms with Crippen LogP contribution in [0.4, 0.5) is 5.69 Å². The molecule has 122 valence electrons. The van der Waals surface area contributed by atoms with E-state index < -0.39 is 0 Å². The predicted octanol–water partition coefficient (Wildman–Crippen LogP) is 4.22. The number of aliphatic imine (C=N–C) groups is 1. The largest absolute Gasteiger partial charge is 0.472 e. The standard InChI is InChI=1S/C21H16N2O2/c24-17-11-22-21-18(14-9-10-25-12-14)20(13-5-2-1-3-6-13)23-16-8-4-7-15(17)19(16)21/h1-10,12,18,20,23H,11H2. The normalized spacial score (nSPS) is 21.3. The number of carbonyl (C=O) groups is 1. The summed E-state index contributed by atoms with van der Waals surface area (Å²) in [6.07, 6.45) is 3.46. The van der Waals surface area contributed by atoms with Gasteiger partial charge in [0.15, 0.2) is 5.78 Å². The van der Waals surface area contributed by atoms with Crippen LogP contribution in [-0.4, -0.2) is 18.0 Å². The first-order chi connectivity index (χ1) is 12.3. The average molecular weight is 328 g/mol. The molecule has 0 fully saturated rings. The topological polar surface area (TPSA) is 54.6 Å². The summed E-state index contributed by atoms with van der Waals surface area (Å²) in [7, 11) is 0. The van der Waals surface area contributed by atoms with Gasteiger partial charge in [-0.3, -0.25) is 9.79 Å². The van der Waals surface area contributed by atoms with Gasteiger partial charge < -0.3 is 9.73 Å². The van der Waals surface area contributed by atoms with Crippen molar-refractivity contribution in [2.45, 2.75) is 12.0 Å². The van der Waals surface area contributed by atoms with Crippen molar-refractivity contribution in [1.29, 1.82) is 0 Å². The molecule has 0 aliphatic carbocycles. The lowest BCUT2D eigenvalue weighted by atomic mass is 9.76. The zero-order chi connectivity index (χ0) is 16.8. The van der Waals surface area contributed by atoms with Crippen molar-refractivity contribution in [1.82, 2.24) is 0 Å². The molecule has 0 amide bonds. The predicted molar refractivity (Wildman–Crippen MR) is 96.4 cm³/mol. The molecule has 2 unspecified atom stereocenters. The Morgan fingerprint density at radius 1 is 1.00 bits per heavy atom. The first kappa shape index (κ1) is 14.2. The number of nitrogens with zero attached hydrogens (tertiary/aromatic N) is 1. The molecule has 4 nitrogen and oxygen atoms in total. The summed E-state index contributed by atoms with van der Waals surface area (Å²) in [4.78, 5) is 17.0. The van der Waals surface area contributed by atoms with Crippen molar-refractivity contribution in [2.24, 2.45) is 4.99 Å². The minimum absolute atomic E-state index is 0.00269. The maximum atomic E-state index is 12.3. The van der Waals surface area contributed by atoms with Crippen molar-refractivity contribution >= 4 is 17.2 Å². The first-order valence-corrected chi connectivity index (χ1v) is 8.37. The van der Waals surface area contributed by atoms with E-state index in [2.05, 4.69) is 22.4 Å². The van der Waals surface area contributed by atoms with E-state index in [1.165, 1.54) is 5.56 Å². The van der Waals surface area contributed by atoms with Crippen LogP contribution in [0.25, 0.3) is 0 Å². The molecule has 5 rings (SSSR count). The van der Waals surface area contributed by atoms with Gasteiger partial charge in [0.05, 0.1) is 30.2 Å². The highest BCUT2D eigenvalue weighted by Crippen LogP contribution is 2.45. The van der Waals surface area contributed by atoms with Gasteiger partial charge in [0.25, 0.3) is 0 Å². The maximum absolute atomic E-state index is 12.3. The maximum Gasteiger partial charge on any atom is 0.184 e. The molecule has 2 aromatic carbocycles. The van der Waals surface area contributed by atoms with Crippen LogP contribution in [0.3, 0.4) is 0 Å². The number of ketones is 1. The highest BCUT2D eigenvalue weighted by molar-refractivity contribution is 6.21. The summed E-state index contributed by atoms with van der Waals surface area (Å²) in [5.74, 6) is 0.0782. The summed E-state index contributed by atoms with van der Waals surface area (Å²) in [5.41, 5.74) is 5.89. The number of hydrogen-bond donors (Lipinski definition) is 1. The van der Waals surface area contributed by atoms with Gasteiger partial charge in [-0.05, 0) is 17.7 Å². The molecule has 1 N–H and O–H groups in total. The number of rotatable bonds is 2. The van der Waals surface area contributed by atoms with Crippen molar-refractivity contribution in [2.75, 3.05) is 11.9 Å². The second-order valence-electron chi connectivity index (χ2n) is 6.42. The molecule has 0 saturated carbocycles. The Hall–Kier alpha value is -3.14. The Kier molecular flexibility index (Phi) is 3.10. The summed E-state index contributed by atoms with van der Waals surface area (Å²) >= 11 is 0. The zero-order valence-electron chi connectivity index (χ0n) is 13.5. The van der Waals surface area contributed by atoms with Gasteiger partial charge in [0.1, 0.15) is 6.54 Å². The molecule has 0 spiro atoms. The van der Waals surface area contributed by atoms with Crippen LogP contribution in [-0.2, 0) is 0 Å². The zero-order valence-corrected chi connectivity index (χ0v) is 13.5. The fourth-order valence-electron chi connectivity index (χ4n) is 3.90. The fourth-order valence-corrected chi connectivity index (χ4v) is 3.90. The van der Waals surface area contributed by atoms with E-state index in [9.17, 15) is 4.79 Å². The number of nitrogens with one attached hydrogen (secondary N) is 1. The van der Waals surface area contributed by atoms with E-state index >= 15 is 0 Å². The van der Waals surface area contributed by atoms with E-state index in [-0.39, 0.29) is 24.3 Å². The van der Waals surface area contributed by atoms with Crippen LogP contribution >= 0.6 is 0 Å². The van der Waals surface area contributed by atoms with Crippen LogP contribution in [0.5, 0.6) is 0 Å². The minimum atomic E-state index is 0.00269. The third-order valence-corrected chi connectivity index (χ3v) is 5.01. The molecule has 3 aromatic rings. The molecule has 2 aliphatic rings. The fraction of sp³-hybridized carbons (Fsp3) is 0.143. The summed E-state index contributed by atoms with van der Waals surface area (Å²) in [6.45, 7) is 0.210. The summed E-state index contributed by atoms with van der Waals surface area (Å²) in [5, 5.41) is 3.64. The van der Waals surface area contributed by atoms with Crippen LogP contribution in [0.1, 0.15) is 39.0 Å². The average Bonchev–Trinajstić information content (AvgIpc) is 3.19. The van der Waals surface area contributed by atoms with Gasteiger partial charge >= 0.3 is 0 Å². The van der Waals surface area contributed by atoms with Gasteiger partial charge in [-0.1, -0.05) is 42.5 Å². The first-order valence-electron chi connectivity index (χ1n) is 8.37. The Labute approximate surface area is 145 Å².